The molecule has 3 heteroatoms. The van der Waals surface area contributed by atoms with Gasteiger partial charge in [0, 0.05) is 12.6 Å². The van der Waals surface area contributed by atoms with Gasteiger partial charge in [0.05, 0.1) is 5.41 Å². The third-order valence-corrected chi connectivity index (χ3v) is 4.87. The minimum absolute atomic E-state index is 0.186. The molecule has 0 saturated heterocycles. The van der Waals surface area contributed by atoms with Crippen molar-refractivity contribution in [2.75, 3.05) is 6.54 Å². The van der Waals surface area contributed by atoms with Gasteiger partial charge in [-0.05, 0) is 43.2 Å². The van der Waals surface area contributed by atoms with Gasteiger partial charge in [-0.15, -0.1) is 0 Å². The molecule has 2 aliphatic carbocycles. The van der Waals surface area contributed by atoms with Gasteiger partial charge in [-0.25, -0.2) is 0 Å². The minimum atomic E-state index is -0.253. The molecule has 1 unspecified atom stereocenters. The van der Waals surface area contributed by atoms with Crippen LogP contribution in [-0.2, 0) is 17.6 Å². The summed E-state index contributed by atoms with van der Waals surface area (Å²) in [4.78, 5) is 12.4. The second kappa shape index (κ2) is 4.97. The van der Waals surface area contributed by atoms with Crippen molar-refractivity contribution in [3.8, 4) is 0 Å². The number of fused-ring (bicyclic) bond motifs is 1. The number of aryl methyl sites for hydroxylation is 1. The number of hydrogen-bond acceptors (Lipinski definition) is 2. The van der Waals surface area contributed by atoms with Crippen LogP contribution in [-0.4, -0.2) is 18.5 Å². The molecule has 1 amide bonds. The molecule has 1 aromatic carbocycles. The maximum absolute atomic E-state index is 12.4. The molecule has 1 atom stereocenters. The van der Waals surface area contributed by atoms with E-state index < -0.39 is 0 Å². The molecule has 1 fully saturated rings. The van der Waals surface area contributed by atoms with Crippen molar-refractivity contribution in [3.63, 3.8) is 0 Å². The lowest BCUT2D eigenvalue weighted by atomic mass is 9.68. The largest absolute Gasteiger partial charge is 0.353 e. The first kappa shape index (κ1) is 12.7. The lowest BCUT2D eigenvalue weighted by Crippen LogP contribution is -2.53. The van der Waals surface area contributed by atoms with E-state index in [9.17, 15) is 4.79 Å². The lowest BCUT2D eigenvalue weighted by molar-refractivity contribution is -0.136. The molecule has 3 rings (SSSR count). The lowest BCUT2D eigenvalue weighted by Gasteiger charge is -2.40. The van der Waals surface area contributed by atoms with Crippen LogP contribution in [0.5, 0.6) is 0 Å². The van der Waals surface area contributed by atoms with Crippen LogP contribution in [0.4, 0.5) is 0 Å². The molecule has 3 N–H and O–H groups in total. The average molecular weight is 258 g/mol. The fourth-order valence-corrected chi connectivity index (χ4v) is 3.29. The predicted octanol–water partition coefficient (Wildman–Crippen LogP) is 1.79. The standard InChI is InChI=1S/C16H22N2O/c17-11-16(8-3-9-16)15(19)18-14-7-6-12-4-1-2-5-13(12)10-14/h1-2,4-5,14H,3,6-11,17H2,(H,18,19). The Morgan fingerprint density at radius 2 is 2.05 bits per heavy atom. The molecule has 0 aromatic heterocycles. The topological polar surface area (TPSA) is 55.1 Å². The van der Waals surface area contributed by atoms with Crippen LogP contribution in [0, 0.1) is 5.41 Å². The molecule has 1 aromatic rings. The number of carbonyl (C=O) groups is 1. The van der Waals surface area contributed by atoms with Crippen LogP contribution in [0.2, 0.25) is 0 Å². The Labute approximate surface area is 114 Å². The summed E-state index contributed by atoms with van der Waals surface area (Å²) < 4.78 is 0. The van der Waals surface area contributed by atoms with Crippen molar-refractivity contribution in [2.45, 2.75) is 44.6 Å². The number of carbonyl (C=O) groups excluding carboxylic acids is 1. The normalized spacial score (nSPS) is 24.2. The first-order chi connectivity index (χ1) is 9.23. The summed E-state index contributed by atoms with van der Waals surface area (Å²) in [5.74, 6) is 0.186. The molecule has 2 aliphatic rings. The third kappa shape index (κ3) is 2.27. The van der Waals surface area contributed by atoms with Crippen LogP contribution in [0.15, 0.2) is 24.3 Å². The summed E-state index contributed by atoms with van der Waals surface area (Å²) in [6.07, 6.45) is 6.12. The van der Waals surface area contributed by atoms with Gasteiger partial charge in [-0.3, -0.25) is 4.79 Å². The number of benzene rings is 1. The summed E-state index contributed by atoms with van der Waals surface area (Å²) >= 11 is 0. The molecular weight excluding hydrogens is 236 g/mol. The van der Waals surface area contributed by atoms with Crippen molar-refractivity contribution >= 4 is 5.91 Å². The van der Waals surface area contributed by atoms with Crippen molar-refractivity contribution in [1.29, 1.82) is 0 Å². The molecule has 0 bridgehead atoms. The highest BCUT2D eigenvalue weighted by Gasteiger charge is 2.43. The van der Waals surface area contributed by atoms with Crippen molar-refractivity contribution in [1.82, 2.24) is 5.32 Å². The van der Waals surface area contributed by atoms with E-state index >= 15 is 0 Å². The first-order valence-electron chi connectivity index (χ1n) is 7.31. The molecule has 0 aliphatic heterocycles. The van der Waals surface area contributed by atoms with Crippen LogP contribution < -0.4 is 11.1 Å². The highest BCUT2D eigenvalue weighted by molar-refractivity contribution is 5.84. The van der Waals surface area contributed by atoms with Gasteiger partial charge in [0.15, 0.2) is 0 Å². The summed E-state index contributed by atoms with van der Waals surface area (Å²) in [6.45, 7) is 0.488. The quantitative estimate of drug-likeness (QED) is 0.868. The zero-order chi connectivity index (χ0) is 13.3. The highest BCUT2D eigenvalue weighted by Crippen LogP contribution is 2.40. The van der Waals surface area contributed by atoms with E-state index in [4.69, 9.17) is 5.73 Å². The van der Waals surface area contributed by atoms with Gasteiger partial charge >= 0.3 is 0 Å². The summed E-state index contributed by atoms with van der Waals surface area (Å²) in [7, 11) is 0. The summed E-state index contributed by atoms with van der Waals surface area (Å²) in [6, 6.07) is 8.83. The third-order valence-electron chi connectivity index (χ3n) is 4.87. The van der Waals surface area contributed by atoms with E-state index in [0.29, 0.717) is 6.54 Å². The second-order valence-electron chi connectivity index (χ2n) is 6.02. The zero-order valence-electron chi connectivity index (χ0n) is 11.3. The van der Waals surface area contributed by atoms with Gasteiger partial charge in [-0.1, -0.05) is 30.7 Å². The van der Waals surface area contributed by atoms with Crippen LogP contribution in [0.3, 0.4) is 0 Å². The van der Waals surface area contributed by atoms with E-state index in [1.54, 1.807) is 0 Å². The van der Waals surface area contributed by atoms with Gasteiger partial charge in [0.25, 0.3) is 0 Å². The maximum Gasteiger partial charge on any atom is 0.227 e. The molecule has 102 valence electrons. The predicted molar refractivity (Wildman–Crippen MR) is 75.7 cm³/mol. The molecule has 1 saturated carbocycles. The maximum atomic E-state index is 12.4. The summed E-state index contributed by atoms with van der Waals surface area (Å²) in [5, 5.41) is 3.23. The van der Waals surface area contributed by atoms with Crippen LogP contribution >= 0.6 is 0 Å². The molecule has 19 heavy (non-hydrogen) atoms. The minimum Gasteiger partial charge on any atom is -0.353 e. The van der Waals surface area contributed by atoms with Crippen molar-refractivity contribution in [3.05, 3.63) is 35.4 Å². The Morgan fingerprint density at radius 1 is 1.32 bits per heavy atom. The molecule has 0 spiro atoms. The van der Waals surface area contributed by atoms with Crippen molar-refractivity contribution in [2.24, 2.45) is 11.1 Å². The van der Waals surface area contributed by atoms with E-state index in [0.717, 1.165) is 38.5 Å². The Bertz CT molecular complexity index is 474. The van der Waals surface area contributed by atoms with Crippen LogP contribution in [0.25, 0.3) is 0 Å². The second-order valence-corrected chi connectivity index (χ2v) is 6.02. The highest BCUT2D eigenvalue weighted by atomic mass is 16.2. The van der Waals surface area contributed by atoms with E-state index in [1.165, 1.54) is 11.1 Å². The van der Waals surface area contributed by atoms with E-state index in [1.807, 2.05) is 0 Å². The Hall–Kier alpha value is -1.35. The number of hydrogen-bond donors (Lipinski definition) is 2. The monoisotopic (exact) mass is 258 g/mol. The SMILES string of the molecule is NCC1(C(=O)NC2CCc3ccccc3C2)CCC1. The fourth-order valence-electron chi connectivity index (χ4n) is 3.29. The molecule has 0 radical (unpaired) electrons. The van der Waals surface area contributed by atoms with Crippen LogP contribution in [0.1, 0.15) is 36.8 Å². The fraction of sp³-hybridized carbons (Fsp3) is 0.562. The average Bonchev–Trinajstić information content (AvgIpc) is 2.38. The number of rotatable bonds is 3. The molecular formula is C16H22N2O. The van der Waals surface area contributed by atoms with E-state index in [-0.39, 0.29) is 17.4 Å². The number of nitrogens with two attached hydrogens (primary N) is 1. The smallest absolute Gasteiger partial charge is 0.227 e. The van der Waals surface area contributed by atoms with Gasteiger partial charge < -0.3 is 11.1 Å². The van der Waals surface area contributed by atoms with Gasteiger partial charge in [0.2, 0.25) is 5.91 Å². The molecule has 0 heterocycles. The number of amides is 1. The van der Waals surface area contributed by atoms with Crippen molar-refractivity contribution < 1.29 is 4.79 Å². The zero-order valence-corrected chi connectivity index (χ0v) is 11.3. The Kier molecular flexibility index (Phi) is 3.31. The molecule has 3 nitrogen and oxygen atoms in total. The number of nitrogens with one attached hydrogen (secondary N) is 1. The van der Waals surface area contributed by atoms with E-state index in [2.05, 4.69) is 29.6 Å². The Morgan fingerprint density at radius 3 is 2.68 bits per heavy atom. The van der Waals surface area contributed by atoms with Gasteiger partial charge in [-0.2, -0.15) is 0 Å². The summed E-state index contributed by atoms with van der Waals surface area (Å²) in [5.41, 5.74) is 8.36. The first-order valence-corrected chi connectivity index (χ1v) is 7.31. The Balaban J connectivity index is 1.65. The van der Waals surface area contributed by atoms with Gasteiger partial charge in [0.1, 0.15) is 0 Å².